The zero-order valence-electron chi connectivity index (χ0n) is 15.4. The standard InChI is InChI=1S/C19H19N5O4/c1-3-8-24-14-7-6-12(10-13(14)21-19(24)26)16-22-18(28-23-16)11(2)20-17(25)15-5-4-9-27-15/h4-7,9-11H,3,8H2,1-2H3,(H,20,25)(H,21,26)/t11-/m1/s1. The molecule has 28 heavy (non-hydrogen) atoms. The Kier molecular flexibility index (Phi) is 4.56. The van der Waals surface area contributed by atoms with Crippen molar-refractivity contribution in [3.63, 3.8) is 0 Å². The quantitative estimate of drug-likeness (QED) is 0.530. The monoisotopic (exact) mass is 381 g/mol. The van der Waals surface area contributed by atoms with E-state index in [9.17, 15) is 9.59 Å². The third-order valence-corrected chi connectivity index (χ3v) is 4.38. The van der Waals surface area contributed by atoms with Gasteiger partial charge >= 0.3 is 5.69 Å². The van der Waals surface area contributed by atoms with Crippen LogP contribution in [0.1, 0.15) is 42.8 Å². The molecular formula is C19H19N5O4. The number of furan rings is 1. The Balaban J connectivity index is 1.57. The maximum Gasteiger partial charge on any atom is 0.326 e. The van der Waals surface area contributed by atoms with E-state index in [-0.39, 0.29) is 23.2 Å². The number of carbonyl (C=O) groups excluding carboxylic acids is 1. The summed E-state index contributed by atoms with van der Waals surface area (Å²) >= 11 is 0. The first-order valence-corrected chi connectivity index (χ1v) is 8.97. The van der Waals surface area contributed by atoms with E-state index in [1.807, 2.05) is 25.1 Å². The van der Waals surface area contributed by atoms with Gasteiger partial charge in [-0.1, -0.05) is 12.1 Å². The SMILES string of the molecule is CCCn1c(=O)[nH]c2cc(-c3noc([C@@H](C)NC(=O)c4ccco4)n3)ccc21. The van der Waals surface area contributed by atoms with Gasteiger partial charge in [0.15, 0.2) is 5.76 Å². The van der Waals surface area contributed by atoms with Gasteiger partial charge in [0.1, 0.15) is 6.04 Å². The Bertz CT molecular complexity index is 1170. The predicted molar refractivity (Wildman–Crippen MR) is 101 cm³/mol. The molecule has 0 radical (unpaired) electrons. The van der Waals surface area contributed by atoms with Crippen LogP contribution in [0.25, 0.3) is 22.4 Å². The first-order chi connectivity index (χ1) is 13.6. The molecule has 4 aromatic rings. The number of fused-ring (bicyclic) bond motifs is 1. The molecule has 4 rings (SSSR count). The lowest BCUT2D eigenvalue weighted by atomic mass is 10.2. The molecule has 0 aliphatic carbocycles. The van der Waals surface area contributed by atoms with Crippen molar-refractivity contribution < 1.29 is 13.7 Å². The summed E-state index contributed by atoms with van der Waals surface area (Å²) < 4.78 is 12.1. The molecule has 2 N–H and O–H groups in total. The third-order valence-electron chi connectivity index (χ3n) is 4.38. The average molecular weight is 381 g/mol. The lowest BCUT2D eigenvalue weighted by molar-refractivity contribution is 0.0904. The molecule has 9 nitrogen and oxygen atoms in total. The lowest BCUT2D eigenvalue weighted by Crippen LogP contribution is -2.26. The minimum atomic E-state index is -0.493. The van der Waals surface area contributed by atoms with Gasteiger partial charge in [0.05, 0.1) is 17.3 Å². The van der Waals surface area contributed by atoms with Crippen molar-refractivity contribution in [3.8, 4) is 11.4 Å². The van der Waals surface area contributed by atoms with Crippen LogP contribution in [0.2, 0.25) is 0 Å². The van der Waals surface area contributed by atoms with Crippen molar-refractivity contribution in [1.29, 1.82) is 0 Å². The second kappa shape index (κ2) is 7.18. The predicted octanol–water partition coefficient (Wildman–Crippen LogP) is 2.87. The lowest BCUT2D eigenvalue weighted by Gasteiger charge is -2.07. The highest BCUT2D eigenvalue weighted by Crippen LogP contribution is 2.22. The van der Waals surface area contributed by atoms with E-state index in [1.54, 1.807) is 23.6 Å². The minimum Gasteiger partial charge on any atom is -0.459 e. The van der Waals surface area contributed by atoms with Crippen molar-refractivity contribution in [2.24, 2.45) is 0 Å². The molecular weight excluding hydrogens is 362 g/mol. The molecule has 1 aromatic carbocycles. The zero-order valence-corrected chi connectivity index (χ0v) is 15.4. The van der Waals surface area contributed by atoms with Crippen molar-refractivity contribution in [2.75, 3.05) is 0 Å². The normalized spacial score (nSPS) is 12.4. The molecule has 1 amide bonds. The highest BCUT2D eigenvalue weighted by atomic mass is 16.5. The number of H-pyrrole nitrogens is 1. The second-order valence-electron chi connectivity index (χ2n) is 6.44. The first kappa shape index (κ1) is 17.8. The molecule has 9 heteroatoms. The number of hydrogen-bond donors (Lipinski definition) is 2. The average Bonchev–Trinajstić information content (AvgIpc) is 3.42. The van der Waals surface area contributed by atoms with Crippen molar-refractivity contribution >= 4 is 16.9 Å². The van der Waals surface area contributed by atoms with Crippen molar-refractivity contribution in [3.05, 3.63) is 58.7 Å². The fourth-order valence-electron chi connectivity index (χ4n) is 3.01. The van der Waals surface area contributed by atoms with Crippen LogP contribution in [0, 0.1) is 0 Å². The number of nitrogens with zero attached hydrogens (tertiary/aromatic N) is 3. The van der Waals surface area contributed by atoms with Gasteiger partial charge in [0.25, 0.3) is 5.91 Å². The van der Waals surface area contributed by atoms with Crippen LogP contribution < -0.4 is 11.0 Å². The molecule has 0 saturated heterocycles. The van der Waals surface area contributed by atoms with E-state index in [0.717, 1.165) is 11.9 Å². The number of carbonyl (C=O) groups is 1. The van der Waals surface area contributed by atoms with Crippen LogP contribution in [0.5, 0.6) is 0 Å². The van der Waals surface area contributed by atoms with E-state index in [1.165, 1.54) is 6.26 Å². The Morgan fingerprint density at radius 1 is 1.36 bits per heavy atom. The van der Waals surface area contributed by atoms with Gasteiger partial charge in [-0.3, -0.25) is 9.36 Å². The summed E-state index contributed by atoms with van der Waals surface area (Å²) in [4.78, 5) is 31.4. The molecule has 0 fully saturated rings. The van der Waals surface area contributed by atoms with Gasteiger partial charge in [-0.2, -0.15) is 4.98 Å². The molecule has 0 aliphatic heterocycles. The maximum absolute atomic E-state index is 12.1. The molecule has 144 valence electrons. The van der Waals surface area contributed by atoms with Gasteiger partial charge in [-0.25, -0.2) is 4.79 Å². The molecule has 0 bridgehead atoms. The summed E-state index contributed by atoms with van der Waals surface area (Å²) in [6.45, 7) is 4.41. The van der Waals surface area contributed by atoms with Crippen LogP contribution in [0.4, 0.5) is 0 Å². The number of aromatic amines is 1. The number of nitrogens with one attached hydrogen (secondary N) is 2. The third kappa shape index (κ3) is 3.22. The van der Waals surface area contributed by atoms with Crippen molar-refractivity contribution in [2.45, 2.75) is 32.9 Å². The Labute approximate surface area is 159 Å². The number of aryl methyl sites for hydroxylation is 1. The first-order valence-electron chi connectivity index (χ1n) is 8.97. The van der Waals surface area contributed by atoms with Crippen LogP contribution >= 0.6 is 0 Å². The molecule has 0 aliphatic rings. The van der Waals surface area contributed by atoms with E-state index in [0.29, 0.717) is 23.4 Å². The minimum absolute atomic E-state index is 0.142. The van der Waals surface area contributed by atoms with E-state index in [2.05, 4.69) is 20.4 Å². The van der Waals surface area contributed by atoms with Crippen molar-refractivity contribution in [1.82, 2.24) is 25.0 Å². The zero-order chi connectivity index (χ0) is 19.7. The highest BCUT2D eigenvalue weighted by molar-refractivity contribution is 5.91. The number of benzene rings is 1. The molecule has 0 spiro atoms. The summed E-state index contributed by atoms with van der Waals surface area (Å²) in [5.41, 5.74) is 2.11. The largest absolute Gasteiger partial charge is 0.459 e. The fourth-order valence-corrected chi connectivity index (χ4v) is 3.01. The molecule has 0 unspecified atom stereocenters. The second-order valence-corrected chi connectivity index (χ2v) is 6.44. The highest BCUT2D eigenvalue weighted by Gasteiger charge is 2.19. The van der Waals surface area contributed by atoms with Crippen LogP contribution in [-0.2, 0) is 6.54 Å². The summed E-state index contributed by atoms with van der Waals surface area (Å²) in [6, 6.07) is 8.22. The number of hydrogen-bond acceptors (Lipinski definition) is 6. The van der Waals surface area contributed by atoms with E-state index in [4.69, 9.17) is 8.94 Å². The fraction of sp³-hybridized carbons (Fsp3) is 0.263. The molecule has 3 heterocycles. The number of imidazole rings is 1. The summed E-state index contributed by atoms with van der Waals surface area (Å²) in [7, 11) is 0. The summed E-state index contributed by atoms with van der Waals surface area (Å²) in [5, 5.41) is 6.73. The Hall–Kier alpha value is -3.62. The van der Waals surface area contributed by atoms with Gasteiger partial charge in [-0.15, -0.1) is 0 Å². The number of aromatic nitrogens is 4. The van der Waals surface area contributed by atoms with Crippen LogP contribution in [0.3, 0.4) is 0 Å². The molecule has 3 aromatic heterocycles. The molecule has 0 saturated carbocycles. The van der Waals surface area contributed by atoms with E-state index < -0.39 is 6.04 Å². The smallest absolute Gasteiger partial charge is 0.326 e. The topological polar surface area (TPSA) is 119 Å². The van der Waals surface area contributed by atoms with Crippen LogP contribution in [-0.4, -0.2) is 25.6 Å². The van der Waals surface area contributed by atoms with Gasteiger partial charge < -0.3 is 19.2 Å². The molecule has 1 atom stereocenters. The summed E-state index contributed by atoms with van der Waals surface area (Å²) in [6.07, 6.45) is 2.29. The van der Waals surface area contributed by atoms with Gasteiger partial charge in [0, 0.05) is 12.1 Å². The number of amides is 1. The Morgan fingerprint density at radius 2 is 2.21 bits per heavy atom. The van der Waals surface area contributed by atoms with Crippen LogP contribution in [0.15, 0.2) is 50.3 Å². The van der Waals surface area contributed by atoms with E-state index >= 15 is 0 Å². The van der Waals surface area contributed by atoms with Gasteiger partial charge in [-0.05, 0) is 43.7 Å². The summed E-state index contributed by atoms with van der Waals surface area (Å²) in [5.74, 6) is 0.484. The maximum atomic E-state index is 12.1. The Morgan fingerprint density at radius 3 is 2.96 bits per heavy atom. The van der Waals surface area contributed by atoms with Gasteiger partial charge in [0.2, 0.25) is 11.7 Å². The number of rotatable bonds is 6.